The van der Waals surface area contributed by atoms with Gasteiger partial charge in [0, 0.05) is 31.9 Å². The Bertz CT molecular complexity index is 1150. The summed E-state index contributed by atoms with van der Waals surface area (Å²) < 4.78 is 7.39. The number of nitrogens with zero attached hydrogens (tertiary/aromatic N) is 3. The number of likely N-dealkylation sites (tertiary alicyclic amines) is 1. The van der Waals surface area contributed by atoms with E-state index in [-0.39, 0.29) is 23.8 Å². The standard InChI is InChI=1S/C26H34N4O4/c1-25(2,3)34-24(33)30-11-9-26(10-12-30)14-17(15-26)16-5-6-18-20(13-16)29(4)28-22(18)19-7-8-21(31)27-23(19)32/h5-6,13,17,19H,7-12,14-15H2,1-4H3,(H,27,31,32). The summed E-state index contributed by atoms with van der Waals surface area (Å²) in [5.41, 5.74) is 2.95. The van der Waals surface area contributed by atoms with Gasteiger partial charge in [0.2, 0.25) is 11.8 Å². The zero-order chi connectivity index (χ0) is 24.3. The number of rotatable bonds is 2. The van der Waals surface area contributed by atoms with Crippen molar-refractivity contribution in [3.8, 4) is 0 Å². The molecule has 1 aromatic heterocycles. The van der Waals surface area contributed by atoms with E-state index in [0.29, 0.717) is 24.2 Å². The van der Waals surface area contributed by atoms with Crippen molar-refractivity contribution in [1.29, 1.82) is 0 Å². The van der Waals surface area contributed by atoms with Crippen LogP contribution in [0.15, 0.2) is 18.2 Å². The summed E-state index contributed by atoms with van der Waals surface area (Å²) >= 11 is 0. The molecule has 2 aromatic rings. The number of hydrogen-bond donors (Lipinski definition) is 1. The molecule has 0 bridgehead atoms. The Labute approximate surface area is 200 Å². The summed E-state index contributed by atoms with van der Waals surface area (Å²) in [6.07, 6.45) is 4.97. The number of hydrogen-bond acceptors (Lipinski definition) is 5. The number of aromatic nitrogens is 2. The lowest BCUT2D eigenvalue weighted by atomic mass is 9.56. The molecule has 182 valence electrons. The first kappa shape index (κ1) is 22.9. The number of fused-ring (bicyclic) bond motifs is 1. The Morgan fingerprint density at radius 3 is 2.53 bits per heavy atom. The Hall–Kier alpha value is -2.90. The number of piperidine rings is 2. The van der Waals surface area contributed by atoms with Crippen molar-refractivity contribution in [2.45, 2.75) is 76.7 Å². The van der Waals surface area contributed by atoms with Gasteiger partial charge in [-0.25, -0.2) is 4.79 Å². The topological polar surface area (TPSA) is 93.5 Å². The molecule has 1 spiro atoms. The molecule has 3 heterocycles. The summed E-state index contributed by atoms with van der Waals surface area (Å²) in [6, 6.07) is 6.48. The highest BCUT2D eigenvalue weighted by molar-refractivity contribution is 6.02. The fraction of sp³-hybridized carbons (Fsp3) is 0.615. The zero-order valence-electron chi connectivity index (χ0n) is 20.5. The highest BCUT2D eigenvalue weighted by Gasteiger charge is 2.47. The maximum absolute atomic E-state index is 12.4. The fourth-order valence-electron chi connectivity index (χ4n) is 5.89. The van der Waals surface area contributed by atoms with Crippen LogP contribution in [0.1, 0.15) is 82.4 Å². The number of aryl methyl sites for hydroxylation is 1. The molecule has 3 aliphatic rings. The average Bonchev–Trinajstić information content (AvgIpc) is 3.06. The van der Waals surface area contributed by atoms with Crippen LogP contribution >= 0.6 is 0 Å². The van der Waals surface area contributed by atoms with Crippen LogP contribution < -0.4 is 5.32 Å². The molecule has 2 aliphatic heterocycles. The van der Waals surface area contributed by atoms with Crippen LogP contribution in [0.2, 0.25) is 0 Å². The maximum atomic E-state index is 12.4. The minimum Gasteiger partial charge on any atom is -0.444 e. The number of imide groups is 1. The number of ether oxygens (including phenoxy) is 1. The van der Waals surface area contributed by atoms with E-state index in [1.54, 1.807) is 0 Å². The van der Waals surface area contributed by atoms with Gasteiger partial charge in [0.15, 0.2) is 0 Å². The summed E-state index contributed by atoms with van der Waals surface area (Å²) in [5, 5.41) is 8.09. The molecule has 3 fully saturated rings. The second-order valence-corrected chi connectivity index (χ2v) is 11.4. The van der Waals surface area contributed by atoms with Gasteiger partial charge in [-0.3, -0.25) is 19.6 Å². The number of carbonyl (C=O) groups is 3. The monoisotopic (exact) mass is 466 g/mol. The predicted octanol–water partition coefficient (Wildman–Crippen LogP) is 3.99. The highest BCUT2D eigenvalue weighted by atomic mass is 16.6. The van der Waals surface area contributed by atoms with Gasteiger partial charge in [0.25, 0.3) is 0 Å². The van der Waals surface area contributed by atoms with Crippen LogP contribution in [0.4, 0.5) is 4.79 Å². The second kappa shape index (κ2) is 8.10. The molecule has 8 nitrogen and oxygen atoms in total. The minimum absolute atomic E-state index is 0.202. The van der Waals surface area contributed by atoms with Crippen molar-refractivity contribution in [3.63, 3.8) is 0 Å². The molecule has 1 unspecified atom stereocenters. The molecule has 2 saturated heterocycles. The number of carbonyl (C=O) groups excluding carboxylic acids is 3. The van der Waals surface area contributed by atoms with Crippen molar-refractivity contribution in [2.24, 2.45) is 12.5 Å². The number of benzene rings is 1. The Morgan fingerprint density at radius 2 is 1.88 bits per heavy atom. The van der Waals surface area contributed by atoms with E-state index in [2.05, 4.69) is 28.6 Å². The molecule has 1 N–H and O–H groups in total. The molecule has 5 rings (SSSR count). The van der Waals surface area contributed by atoms with Gasteiger partial charge >= 0.3 is 6.09 Å². The van der Waals surface area contributed by atoms with E-state index < -0.39 is 5.60 Å². The largest absolute Gasteiger partial charge is 0.444 e. The third kappa shape index (κ3) is 4.18. The molecule has 1 aliphatic carbocycles. The lowest BCUT2D eigenvalue weighted by Gasteiger charge is -2.52. The van der Waals surface area contributed by atoms with Crippen molar-refractivity contribution in [2.75, 3.05) is 13.1 Å². The van der Waals surface area contributed by atoms with Crippen LogP contribution in [0, 0.1) is 5.41 Å². The molecule has 3 amide bonds. The van der Waals surface area contributed by atoms with Gasteiger partial charge in [-0.15, -0.1) is 0 Å². The Morgan fingerprint density at radius 1 is 1.18 bits per heavy atom. The van der Waals surface area contributed by atoms with Crippen molar-refractivity contribution >= 4 is 28.8 Å². The minimum atomic E-state index is -0.462. The molecular formula is C26H34N4O4. The van der Waals surface area contributed by atoms with E-state index in [0.717, 1.165) is 55.4 Å². The SMILES string of the molecule is Cn1nc(C2CCC(=O)NC2=O)c2ccc(C3CC4(CCN(C(=O)OC(C)(C)C)CC4)C3)cc21. The van der Waals surface area contributed by atoms with Gasteiger partial charge in [0.1, 0.15) is 5.60 Å². The van der Waals surface area contributed by atoms with E-state index in [9.17, 15) is 14.4 Å². The van der Waals surface area contributed by atoms with E-state index in [1.807, 2.05) is 37.4 Å². The van der Waals surface area contributed by atoms with Crippen molar-refractivity contribution in [3.05, 3.63) is 29.5 Å². The molecular weight excluding hydrogens is 432 g/mol. The normalized spacial score (nSPS) is 23.2. The van der Waals surface area contributed by atoms with Crippen LogP contribution in [0.5, 0.6) is 0 Å². The lowest BCUT2D eigenvalue weighted by Crippen LogP contribution is -2.49. The first-order valence-electron chi connectivity index (χ1n) is 12.3. The first-order chi connectivity index (χ1) is 16.0. The summed E-state index contributed by atoms with van der Waals surface area (Å²) in [6.45, 7) is 7.23. The average molecular weight is 467 g/mol. The van der Waals surface area contributed by atoms with Gasteiger partial charge in [0.05, 0.1) is 17.1 Å². The van der Waals surface area contributed by atoms with E-state index in [1.165, 1.54) is 5.56 Å². The Balaban J connectivity index is 1.25. The van der Waals surface area contributed by atoms with Crippen LogP contribution in [-0.2, 0) is 21.4 Å². The molecule has 0 radical (unpaired) electrons. The third-order valence-electron chi connectivity index (χ3n) is 7.78. The molecule has 1 aromatic carbocycles. The quantitative estimate of drug-likeness (QED) is 0.676. The highest BCUT2D eigenvalue weighted by Crippen LogP contribution is 2.57. The maximum Gasteiger partial charge on any atom is 0.410 e. The third-order valence-corrected chi connectivity index (χ3v) is 7.78. The molecule has 1 atom stereocenters. The number of nitrogens with one attached hydrogen (secondary N) is 1. The zero-order valence-corrected chi connectivity index (χ0v) is 20.5. The fourth-order valence-corrected chi connectivity index (χ4v) is 5.89. The van der Waals surface area contributed by atoms with E-state index in [4.69, 9.17) is 4.74 Å². The molecule has 34 heavy (non-hydrogen) atoms. The summed E-state index contributed by atoms with van der Waals surface area (Å²) in [7, 11) is 1.91. The van der Waals surface area contributed by atoms with Crippen LogP contribution in [0.3, 0.4) is 0 Å². The van der Waals surface area contributed by atoms with Gasteiger partial charge in [-0.2, -0.15) is 5.10 Å². The van der Waals surface area contributed by atoms with Crippen LogP contribution in [0.25, 0.3) is 10.9 Å². The van der Waals surface area contributed by atoms with Gasteiger partial charge < -0.3 is 9.64 Å². The smallest absolute Gasteiger partial charge is 0.410 e. The summed E-state index contributed by atoms with van der Waals surface area (Å²) in [4.78, 5) is 38.1. The molecule has 1 saturated carbocycles. The first-order valence-corrected chi connectivity index (χ1v) is 12.3. The van der Waals surface area contributed by atoms with Gasteiger partial charge in [-0.05, 0) is 75.8 Å². The predicted molar refractivity (Wildman–Crippen MR) is 127 cm³/mol. The second-order valence-electron chi connectivity index (χ2n) is 11.4. The van der Waals surface area contributed by atoms with Crippen LogP contribution in [-0.4, -0.2) is 51.3 Å². The van der Waals surface area contributed by atoms with Gasteiger partial charge in [-0.1, -0.05) is 12.1 Å². The van der Waals surface area contributed by atoms with Crippen molar-refractivity contribution < 1.29 is 19.1 Å². The molecule has 8 heteroatoms. The van der Waals surface area contributed by atoms with E-state index >= 15 is 0 Å². The van der Waals surface area contributed by atoms with Crippen molar-refractivity contribution in [1.82, 2.24) is 20.0 Å². The summed E-state index contributed by atoms with van der Waals surface area (Å²) in [5.74, 6) is -0.334. The number of amides is 3. The lowest BCUT2D eigenvalue weighted by molar-refractivity contribution is -0.134. The Kier molecular flexibility index (Phi) is 5.45.